The summed E-state index contributed by atoms with van der Waals surface area (Å²) in [4.78, 5) is 3.94. The zero-order valence-corrected chi connectivity index (χ0v) is 12.7. The number of rotatable bonds is 6. The maximum Gasteiger partial charge on any atom is 0.214 e. The molecule has 1 atom stereocenters. The second-order valence-electron chi connectivity index (χ2n) is 5.09. The quantitative estimate of drug-likeness (QED) is 0.806. The summed E-state index contributed by atoms with van der Waals surface area (Å²) in [5, 5.41) is 0. The number of aromatic nitrogens is 1. The highest BCUT2D eigenvalue weighted by Crippen LogP contribution is 2.20. The third-order valence-corrected chi connectivity index (χ3v) is 5.37. The van der Waals surface area contributed by atoms with Crippen LogP contribution in [0.25, 0.3) is 0 Å². The van der Waals surface area contributed by atoms with Gasteiger partial charge >= 0.3 is 0 Å². The highest BCUT2D eigenvalue weighted by molar-refractivity contribution is 7.89. The van der Waals surface area contributed by atoms with E-state index in [2.05, 4.69) is 4.98 Å². The number of unbranched alkanes of at least 4 members (excludes halogenated alkanes) is 1. The van der Waals surface area contributed by atoms with Crippen molar-refractivity contribution in [3.05, 3.63) is 24.5 Å². The van der Waals surface area contributed by atoms with Gasteiger partial charge in [-0.15, -0.1) is 0 Å². The van der Waals surface area contributed by atoms with E-state index in [4.69, 9.17) is 4.74 Å². The predicted octanol–water partition coefficient (Wildman–Crippen LogP) is 2.05. The van der Waals surface area contributed by atoms with Gasteiger partial charge in [0.15, 0.2) is 0 Å². The van der Waals surface area contributed by atoms with E-state index < -0.39 is 10.0 Å². The average molecular weight is 298 g/mol. The minimum absolute atomic E-state index is 0.0671. The second-order valence-corrected chi connectivity index (χ2v) is 7.18. The molecule has 0 spiro atoms. The van der Waals surface area contributed by atoms with Crippen LogP contribution in [0.15, 0.2) is 24.5 Å². The van der Waals surface area contributed by atoms with Gasteiger partial charge in [-0.2, -0.15) is 4.31 Å². The molecule has 0 aliphatic carbocycles. The van der Waals surface area contributed by atoms with Crippen molar-refractivity contribution in [1.29, 1.82) is 0 Å². The molecule has 1 saturated heterocycles. The van der Waals surface area contributed by atoms with Gasteiger partial charge in [-0.3, -0.25) is 4.98 Å². The van der Waals surface area contributed by atoms with Gasteiger partial charge in [0, 0.05) is 18.9 Å². The summed E-state index contributed by atoms with van der Waals surface area (Å²) >= 11 is 0. The summed E-state index contributed by atoms with van der Waals surface area (Å²) in [5.74, 6) is 0.990. The molecule has 1 aliphatic heterocycles. The topological polar surface area (TPSA) is 59.5 Å². The molecule has 1 aromatic rings. The smallest absolute Gasteiger partial charge is 0.214 e. The van der Waals surface area contributed by atoms with Gasteiger partial charge in [-0.1, -0.05) is 13.3 Å². The monoisotopic (exact) mass is 298 g/mol. The van der Waals surface area contributed by atoms with Crippen molar-refractivity contribution >= 4 is 10.0 Å². The summed E-state index contributed by atoms with van der Waals surface area (Å²) in [5.41, 5.74) is 0. The molecular formula is C14H22N2O3S. The fourth-order valence-corrected chi connectivity index (χ4v) is 4.03. The number of hydrogen-bond donors (Lipinski definition) is 0. The Morgan fingerprint density at radius 1 is 1.40 bits per heavy atom. The van der Waals surface area contributed by atoms with Crippen molar-refractivity contribution in [3.8, 4) is 5.75 Å². The number of piperidine rings is 1. The van der Waals surface area contributed by atoms with E-state index in [0.717, 1.165) is 25.0 Å². The average Bonchev–Trinajstić information content (AvgIpc) is 2.47. The summed E-state index contributed by atoms with van der Waals surface area (Å²) in [6.07, 6.45) is 6.63. The first kappa shape index (κ1) is 15.3. The van der Waals surface area contributed by atoms with Gasteiger partial charge in [0.1, 0.15) is 11.9 Å². The molecule has 6 heteroatoms. The van der Waals surface area contributed by atoms with E-state index in [9.17, 15) is 8.42 Å². The van der Waals surface area contributed by atoms with Crippen LogP contribution < -0.4 is 4.74 Å². The van der Waals surface area contributed by atoms with Gasteiger partial charge in [0.2, 0.25) is 10.0 Å². The minimum atomic E-state index is -3.13. The molecule has 0 radical (unpaired) electrons. The zero-order valence-electron chi connectivity index (χ0n) is 11.9. The predicted molar refractivity (Wildman–Crippen MR) is 78.2 cm³/mol. The molecule has 20 heavy (non-hydrogen) atoms. The van der Waals surface area contributed by atoms with Crippen LogP contribution in [0.4, 0.5) is 0 Å². The SMILES string of the molecule is CCCCS(=O)(=O)N1CCC[C@@H](Oc2ccncc2)C1. The van der Waals surface area contributed by atoms with Crippen molar-refractivity contribution in [2.75, 3.05) is 18.8 Å². The lowest BCUT2D eigenvalue weighted by molar-refractivity contribution is 0.129. The first-order valence-electron chi connectivity index (χ1n) is 7.16. The molecule has 5 nitrogen and oxygen atoms in total. The molecule has 2 rings (SSSR count). The Labute approximate surface area is 121 Å². The van der Waals surface area contributed by atoms with Crippen LogP contribution >= 0.6 is 0 Å². The van der Waals surface area contributed by atoms with Gasteiger partial charge in [-0.25, -0.2) is 8.42 Å². The van der Waals surface area contributed by atoms with Gasteiger partial charge in [0.25, 0.3) is 0 Å². The van der Waals surface area contributed by atoms with Crippen LogP contribution in [0.5, 0.6) is 5.75 Å². The van der Waals surface area contributed by atoms with Crippen LogP contribution in [-0.4, -0.2) is 42.7 Å². The molecule has 0 unspecified atom stereocenters. The molecule has 1 fully saturated rings. The molecule has 0 amide bonds. The van der Waals surface area contributed by atoms with Crippen molar-refractivity contribution in [2.45, 2.75) is 38.7 Å². The Morgan fingerprint density at radius 2 is 2.15 bits per heavy atom. The van der Waals surface area contributed by atoms with E-state index in [1.165, 1.54) is 0 Å². The molecule has 0 N–H and O–H groups in total. The Morgan fingerprint density at radius 3 is 2.85 bits per heavy atom. The Bertz CT molecular complexity index is 504. The fraction of sp³-hybridized carbons (Fsp3) is 0.643. The maximum atomic E-state index is 12.2. The highest BCUT2D eigenvalue weighted by atomic mass is 32.2. The Hall–Kier alpha value is -1.14. The molecule has 2 heterocycles. The summed E-state index contributed by atoms with van der Waals surface area (Å²) in [6.45, 7) is 3.07. The summed E-state index contributed by atoms with van der Waals surface area (Å²) in [6, 6.07) is 3.59. The van der Waals surface area contributed by atoms with Crippen LogP contribution in [0.2, 0.25) is 0 Å². The van der Waals surface area contributed by atoms with Crippen molar-refractivity contribution in [3.63, 3.8) is 0 Å². The minimum Gasteiger partial charge on any atom is -0.489 e. The standard InChI is InChI=1S/C14H22N2O3S/c1-2-3-11-20(17,18)16-10-4-5-14(12-16)19-13-6-8-15-9-7-13/h6-9,14H,2-5,10-12H2,1H3/t14-/m1/s1. The molecule has 0 saturated carbocycles. The first-order chi connectivity index (χ1) is 9.62. The van der Waals surface area contributed by atoms with Crippen LogP contribution in [0.3, 0.4) is 0 Å². The molecule has 112 valence electrons. The lowest BCUT2D eigenvalue weighted by Gasteiger charge is -2.32. The van der Waals surface area contributed by atoms with Crippen LogP contribution in [0, 0.1) is 0 Å². The molecule has 1 aliphatic rings. The Balaban J connectivity index is 1.95. The van der Waals surface area contributed by atoms with E-state index in [-0.39, 0.29) is 11.9 Å². The summed E-state index contributed by atoms with van der Waals surface area (Å²) in [7, 11) is -3.13. The van der Waals surface area contributed by atoms with Crippen molar-refractivity contribution in [1.82, 2.24) is 9.29 Å². The number of nitrogens with zero attached hydrogens (tertiary/aromatic N) is 2. The molecular weight excluding hydrogens is 276 g/mol. The molecule has 0 bridgehead atoms. The number of pyridine rings is 1. The van der Waals surface area contributed by atoms with Crippen LogP contribution in [-0.2, 0) is 10.0 Å². The van der Waals surface area contributed by atoms with E-state index in [0.29, 0.717) is 19.5 Å². The molecule has 1 aromatic heterocycles. The summed E-state index contributed by atoms with van der Waals surface area (Å²) < 4.78 is 31.8. The third kappa shape index (κ3) is 4.18. The van der Waals surface area contributed by atoms with Gasteiger partial charge < -0.3 is 4.74 Å². The lowest BCUT2D eigenvalue weighted by Crippen LogP contribution is -2.45. The molecule has 0 aromatic carbocycles. The zero-order chi connectivity index (χ0) is 14.4. The normalized spacial score (nSPS) is 20.8. The van der Waals surface area contributed by atoms with E-state index >= 15 is 0 Å². The largest absolute Gasteiger partial charge is 0.489 e. The van der Waals surface area contributed by atoms with E-state index in [1.54, 1.807) is 28.8 Å². The van der Waals surface area contributed by atoms with Gasteiger partial charge in [-0.05, 0) is 31.4 Å². The number of sulfonamides is 1. The van der Waals surface area contributed by atoms with Crippen molar-refractivity contribution in [2.24, 2.45) is 0 Å². The van der Waals surface area contributed by atoms with E-state index in [1.807, 2.05) is 6.92 Å². The second kappa shape index (κ2) is 7.04. The maximum absolute atomic E-state index is 12.2. The first-order valence-corrected chi connectivity index (χ1v) is 8.77. The number of ether oxygens (including phenoxy) is 1. The fourth-order valence-electron chi connectivity index (χ4n) is 2.32. The lowest BCUT2D eigenvalue weighted by atomic mass is 10.1. The van der Waals surface area contributed by atoms with Crippen molar-refractivity contribution < 1.29 is 13.2 Å². The highest BCUT2D eigenvalue weighted by Gasteiger charge is 2.29. The Kier molecular flexibility index (Phi) is 5.37. The number of hydrogen-bond acceptors (Lipinski definition) is 4. The van der Waals surface area contributed by atoms with Gasteiger partial charge in [0.05, 0.1) is 12.3 Å². The third-order valence-electron chi connectivity index (χ3n) is 3.44. The van der Waals surface area contributed by atoms with Crippen LogP contribution in [0.1, 0.15) is 32.6 Å².